The minimum Gasteiger partial charge on any atom is -0.507 e. The van der Waals surface area contributed by atoms with Gasteiger partial charge >= 0.3 is 0 Å². The first-order valence-corrected chi connectivity index (χ1v) is 8.93. The molecule has 2 atom stereocenters. The van der Waals surface area contributed by atoms with Gasteiger partial charge in [0.25, 0.3) is 0 Å². The largest absolute Gasteiger partial charge is 0.507 e. The van der Waals surface area contributed by atoms with Crippen LogP contribution in [0.5, 0.6) is 5.75 Å². The van der Waals surface area contributed by atoms with Crippen LogP contribution in [0.3, 0.4) is 0 Å². The molecule has 0 saturated carbocycles. The maximum absolute atomic E-state index is 10.4. The third kappa shape index (κ3) is 5.12. The molecule has 0 unspecified atom stereocenters. The molecule has 4 heteroatoms. The van der Waals surface area contributed by atoms with E-state index < -0.39 is 12.2 Å². The van der Waals surface area contributed by atoms with Gasteiger partial charge in [0.05, 0.1) is 12.4 Å². The van der Waals surface area contributed by atoms with Crippen molar-refractivity contribution in [1.82, 2.24) is 0 Å². The summed E-state index contributed by atoms with van der Waals surface area (Å²) in [6.45, 7) is 7.74. The minimum atomic E-state index is -0.698. The van der Waals surface area contributed by atoms with E-state index in [4.69, 9.17) is 4.42 Å². The lowest BCUT2D eigenvalue weighted by atomic mass is 9.96. The summed E-state index contributed by atoms with van der Waals surface area (Å²) in [4.78, 5) is 0. The molecule has 3 N–H and O–H groups in total. The van der Waals surface area contributed by atoms with Crippen LogP contribution in [0.15, 0.2) is 52.3 Å². The van der Waals surface area contributed by atoms with Crippen molar-refractivity contribution in [3.8, 4) is 5.75 Å². The molecule has 0 amide bonds. The Morgan fingerprint density at radius 3 is 2.35 bits per heavy atom. The number of benzene rings is 1. The van der Waals surface area contributed by atoms with Crippen molar-refractivity contribution in [1.29, 1.82) is 0 Å². The Bertz CT molecular complexity index is 757. The second kappa shape index (κ2) is 8.91. The van der Waals surface area contributed by atoms with E-state index in [1.807, 2.05) is 33.8 Å². The summed E-state index contributed by atoms with van der Waals surface area (Å²) < 4.78 is 5.25. The molecule has 4 nitrogen and oxygen atoms in total. The molecule has 1 aromatic carbocycles. The smallest absolute Gasteiger partial charge is 0.132 e. The van der Waals surface area contributed by atoms with Gasteiger partial charge in [0.15, 0.2) is 0 Å². The zero-order valence-corrected chi connectivity index (χ0v) is 15.9. The first-order chi connectivity index (χ1) is 12.3. The first-order valence-electron chi connectivity index (χ1n) is 8.93. The monoisotopic (exact) mass is 356 g/mol. The summed E-state index contributed by atoms with van der Waals surface area (Å²) >= 11 is 0. The molecule has 0 aliphatic carbocycles. The molecular formula is C22H28O4. The SMILES string of the molecule is Cc1cc([C@H](O)CC=C=C(C[C@@H](O)c2ccco2)C(C)C)cc(C)c1O. The fourth-order valence-corrected chi connectivity index (χ4v) is 2.87. The van der Waals surface area contributed by atoms with Crippen molar-refractivity contribution in [3.05, 3.63) is 70.4 Å². The van der Waals surface area contributed by atoms with Crippen LogP contribution in [0, 0.1) is 19.8 Å². The molecule has 2 aromatic rings. The van der Waals surface area contributed by atoms with Gasteiger partial charge in [-0.2, -0.15) is 0 Å². The van der Waals surface area contributed by atoms with Gasteiger partial charge < -0.3 is 19.7 Å². The van der Waals surface area contributed by atoms with E-state index in [1.165, 1.54) is 0 Å². The molecule has 0 aliphatic heterocycles. The molecule has 0 aliphatic rings. The standard InChI is InChI=1S/C22H28O4/c1-14(2)17(13-20(24)21-9-6-10-26-21)7-5-8-19(23)18-11-15(3)22(25)16(4)12-18/h5-6,9-12,14,19-20,23-25H,8,13H2,1-4H3/t7?,19-,20-/m1/s1. The maximum Gasteiger partial charge on any atom is 0.132 e. The van der Waals surface area contributed by atoms with Crippen LogP contribution in [0.2, 0.25) is 0 Å². The summed E-state index contributed by atoms with van der Waals surface area (Å²) in [7, 11) is 0. The number of hydrogen-bond acceptors (Lipinski definition) is 4. The molecule has 0 bridgehead atoms. The Kier molecular flexibility index (Phi) is 6.87. The van der Waals surface area contributed by atoms with Crippen LogP contribution >= 0.6 is 0 Å². The number of aliphatic hydroxyl groups is 2. The zero-order chi connectivity index (χ0) is 19.3. The highest BCUT2D eigenvalue weighted by atomic mass is 16.4. The number of aliphatic hydroxyl groups excluding tert-OH is 2. The highest BCUT2D eigenvalue weighted by Crippen LogP contribution is 2.28. The normalized spacial score (nSPS) is 13.3. The van der Waals surface area contributed by atoms with Crippen molar-refractivity contribution in [2.75, 3.05) is 0 Å². The van der Waals surface area contributed by atoms with Gasteiger partial charge in [0, 0.05) is 12.8 Å². The Morgan fingerprint density at radius 2 is 1.81 bits per heavy atom. The van der Waals surface area contributed by atoms with Crippen LogP contribution in [-0.4, -0.2) is 15.3 Å². The van der Waals surface area contributed by atoms with Crippen LogP contribution in [0.1, 0.15) is 61.3 Å². The van der Waals surface area contributed by atoms with E-state index in [2.05, 4.69) is 5.73 Å². The Morgan fingerprint density at radius 1 is 1.15 bits per heavy atom. The first kappa shape index (κ1) is 20.1. The summed E-state index contributed by atoms with van der Waals surface area (Å²) in [5.74, 6) is 1.04. The van der Waals surface area contributed by atoms with Crippen molar-refractivity contribution < 1.29 is 19.7 Å². The number of aromatic hydroxyl groups is 1. The number of aryl methyl sites for hydroxylation is 2. The van der Waals surface area contributed by atoms with Gasteiger partial charge in [0.2, 0.25) is 0 Å². The summed E-state index contributed by atoms with van der Waals surface area (Å²) in [5.41, 5.74) is 6.49. The highest BCUT2D eigenvalue weighted by molar-refractivity contribution is 5.42. The lowest BCUT2D eigenvalue weighted by Crippen LogP contribution is -2.02. The zero-order valence-electron chi connectivity index (χ0n) is 15.9. The molecule has 0 radical (unpaired) electrons. The Balaban J connectivity index is 2.10. The maximum atomic E-state index is 10.4. The van der Waals surface area contributed by atoms with E-state index in [9.17, 15) is 15.3 Å². The molecule has 1 heterocycles. The van der Waals surface area contributed by atoms with Gasteiger partial charge in [-0.05, 0) is 72.4 Å². The molecule has 0 saturated heterocycles. The van der Waals surface area contributed by atoms with Crippen molar-refractivity contribution in [3.63, 3.8) is 0 Å². The van der Waals surface area contributed by atoms with Gasteiger partial charge in [-0.15, -0.1) is 5.73 Å². The van der Waals surface area contributed by atoms with E-state index in [0.717, 1.165) is 22.3 Å². The summed E-state index contributed by atoms with van der Waals surface area (Å²) in [6, 6.07) is 7.11. The van der Waals surface area contributed by atoms with Gasteiger partial charge in [-0.3, -0.25) is 0 Å². The summed E-state index contributed by atoms with van der Waals surface area (Å²) in [5, 5.41) is 30.5. The third-order valence-electron chi connectivity index (χ3n) is 4.51. The van der Waals surface area contributed by atoms with Gasteiger partial charge in [-0.1, -0.05) is 13.8 Å². The number of phenolic OH excluding ortho intramolecular Hbond substituents is 1. The van der Waals surface area contributed by atoms with E-state index in [1.54, 1.807) is 30.5 Å². The van der Waals surface area contributed by atoms with Crippen LogP contribution in [0.4, 0.5) is 0 Å². The Labute approximate surface area is 155 Å². The predicted molar refractivity (Wildman–Crippen MR) is 102 cm³/mol. The molecular weight excluding hydrogens is 328 g/mol. The summed E-state index contributed by atoms with van der Waals surface area (Å²) in [6.07, 6.45) is 2.85. The predicted octanol–water partition coefficient (Wildman–Crippen LogP) is 4.89. The number of rotatable bonds is 7. The van der Waals surface area contributed by atoms with E-state index in [-0.39, 0.29) is 11.7 Å². The van der Waals surface area contributed by atoms with Crippen molar-refractivity contribution in [2.24, 2.45) is 5.92 Å². The van der Waals surface area contributed by atoms with Crippen LogP contribution < -0.4 is 0 Å². The van der Waals surface area contributed by atoms with E-state index >= 15 is 0 Å². The van der Waals surface area contributed by atoms with E-state index in [0.29, 0.717) is 18.6 Å². The molecule has 0 fully saturated rings. The number of furan rings is 1. The van der Waals surface area contributed by atoms with Crippen molar-refractivity contribution in [2.45, 2.75) is 52.7 Å². The second-order valence-corrected chi connectivity index (χ2v) is 7.02. The highest BCUT2D eigenvalue weighted by Gasteiger charge is 2.15. The molecule has 1 aromatic heterocycles. The number of phenols is 1. The second-order valence-electron chi connectivity index (χ2n) is 7.02. The molecule has 26 heavy (non-hydrogen) atoms. The molecule has 2 rings (SSSR count). The lowest BCUT2D eigenvalue weighted by molar-refractivity contribution is 0.147. The average molecular weight is 356 g/mol. The Hall–Kier alpha value is -2.26. The fraction of sp³-hybridized carbons (Fsp3) is 0.409. The quantitative estimate of drug-likeness (QED) is 0.618. The lowest BCUT2D eigenvalue weighted by Gasteiger charge is -2.13. The van der Waals surface area contributed by atoms with Gasteiger partial charge in [-0.25, -0.2) is 0 Å². The average Bonchev–Trinajstić information content (AvgIpc) is 3.12. The molecule has 0 spiro atoms. The topological polar surface area (TPSA) is 73.8 Å². The van der Waals surface area contributed by atoms with Crippen LogP contribution in [0.25, 0.3) is 0 Å². The fourth-order valence-electron chi connectivity index (χ4n) is 2.87. The number of hydrogen-bond donors (Lipinski definition) is 3. The molecule has 140 valence electrons. The third-order valence-corrected chi connectivity index (χ3v) is 4.51. The van der Waals surface area contributed by atoms with Crippen molar-refractivity contribution >= 4 is 0 Å². The minimum absolute atomic E-state index is 0.228. The van der Waals surface area contributed by atoms with Crippen LogP contribution in [-0.2, 0) is 0 Å². The van der Waals surface area contributed by atoms with Gasteiger partial charge in [0.1, 0.15) is 17.6 Å².